The van der Waals surface area contributed by atoms with Crippen molar-refractivity contribution in [3.8, 4) is 0 Å². The molecule has 0 radical (unpaired) electrons. The Bertz CT molecular complexity index is 721. The maximum atomic E-state index is 12.4. The summed E-state index contributed by atoms with van der Waals surface area (Å²) in [5, 5.41) is 7.75. The molecule has 0 unspecified atom stereocenters. The Hall–Kier alpha value is -2.44. The number of aromatic nitrogens is 3. The number of rotatable bonds is 5. The van der Waals surface area contributed by atoms with Gasteiger partial charge in [-0.15, -0.1) is 0 Å². The maximum Gasteiger partial charge on any atom is 0.328 e. The SMILES string of the molecule is COC(=O)[C@@H](NC(=O)c1cnc2c(cnn2C(C)C)c1)C(C)C. The Kier molecular flexibility index (Phi) is 4.98. The smallest absolute Gasteiger partial charge is 0.328 e. The summed E-state index contributed by atoms with van der Waals surface area (Å²) >= 11 is 0. The zero-order valence-corrected chi connectivity index (χ0v) is 14.0. The lowest BCUT2D eigenvalue weighted by Gasteiger charge is -2.19. The molecule has 2 aromatic heterocycles. The number of esters is 1. The fourth-order valence-corrected chi connectivity index (χ4v) is 2.29. The number of nitrogens with one attached hydrogen (secondary N) is 1. The van der Waals surface area contributed by atoms with Crippen LogP contribution in [0.4, 0.5) is 0 Å². The number of nitrogens with zero attached hydrogens (tertiary/aromatic N) is 3. The average Bonchev–Trinajstić information content (AvgIpc) is 2.94. The first-order valence-electron chi connectivity index (χ1n) is 7.57. The summed E-state index contributed by atoms with van der Waals surface area (Å²) in [6.07, 6.45) is 3.17. The van der Waals surface area contributed by atoms with Crippen molar-refractivity contribution in [3.05, 3.63) is 24.0 Å². The van der Waals surface area contributed by atoms with Gasteiger partial charge in [0.2, 0.25) is 0 Å². The van der Waals surface area contributed by atoms with E-state index < -0.39 is 12.0 Å². The van der Waals surface area contributed by atoms with E-state index in [1.165, 1.54) is 13.3 Å². The second kappa shape index (κ2) is 6.76. The molecule has 1 amide bonds. The molecule has 2 aromatic rings. The van der Waals surface area contributed by atoms with Gasteiger partial charge >= 0.3 is 5.97 Å². The van der Waals surface area contributed by atoms with Gasteiger partial charge in [-0.3, -0.25) is 4.79 Å². The first-order chi connectivity index (χ1) is 10.8. The Morgan fingerprint density at radius 1 is 1.22 bits per heavy atom. The Labute approximate surface area is 135 Å². The molecule has 0 spiro atoms. The number of carbonyl (C=O) groups is 2. The third-order valence-electron chi connectivity index (χ3n) is 3.59. The molecule has 2 rings (SSSR count). The lowest BCUT2D eigenvalue weighted by atomic mass is 10.0. The molecule has 124 valence electrons. The van der Waals surface area contributed by atoms with Crippen LogP contribution in [0.25, 0.3) is 11.0 Å². The summed E-state index contributed by atoms with van der Waals surface area (Å²) in [6, 6.07) is 1.21. The van der Waals surface area contributed by atoms with Crippen LogP contribution in [0.5, 0.6) is 0 Å². The molecular formula is C16H22N4O3. The molecule has 0 saturated heterocycles. The molecule has 7 heteroatoms. The molecule has 0 aliphatic rings. The lowest BCUT2D eigenvalue weighted by Crippen LogP contribution is -2.45. The largest absolute Gasteiger partial charge is 0.467 e. The van der Waals surface area contributed by atoms with E-state index in [2.05, 4.69) is 15.4 Å². The highest BCUT2D eigenvalue weighted by molar-refractivity contribution is 5.98. The molecule has 1 atom stereocenters. The van der Waals surface area contributed by atoms with Crippen molar-refractivity contribution in [2.45, 2.75) is 39.8 Å². The highest BCUT2D eigenvalue weighted by Gasteiger charge is 2.25. The van der Waals surface area contributed by atoms with Crippen molar-refractivity contribution in [3.63, 3.8) is 0 Å². The van der Waals surface area contributed by atoms with Gasteiger partial charge in [0.15, 0.2) is 5.65 Å². The molecular weight excluding hydrogens is 296 g/mol. The van der Waals surface area contributed by atoms with E-state index in [4.69, 9.17) is 4.74 Å². The van der Waals surface area contributed by atoms with Crippen LogP contribution in [-0.2, 0) is 9.53 Å². The van der Waals surface area contributed by atoms with Gasteiger partial charge < -0.3 is 10.1 Å². The number of carbonyl (C=O) groups excluding carboxylic acids is 2. The molecule has 0 aromatic carbocycles. The monoisotopic (exact) mass is 318 g/mol. The number of fused-ring (bicyclic) bond motifs is 1. The third kappa shape index (κ3) is 3.49. The van der Waals surface area contributed by atoms with Gasteiger partial charge in [-0.25, -0.2) is 14.5 Å². The van der Waals surface area contributed by atoms with E-state index in [1.54, 1.807) is 16.9 Å². The van der Waals surface area contributed by atoms with E-state index in [-0.39, 0.29) is 17.9 Å². The Balaban J connectivity index is 2.25. The van der Waals surface area contributed by atoms with Crippen LogP contribution in [0.3, 0.4) is 0 Å². The van der Waals surface area contributed by atoms with Crippen LogP contribution in [0, 0.1) is 5.92 Å². The minimum Gasteiger partial charge on any atom is -0.467 e. The summed E-state index contributed by atoms with van der Waals surface area (Å²) in [4.78, 5) is 28.4. The number of hydrogen-bond donors (Lipinski definition) is 1. The number of amides is 1. The first kappa shape index (κ1) is 16.9. The van der Waals surface area contributed by atoms with Gasteiger partial charge in [0.05, 0.1) is 18.9 Å². The van der Waals surface area contributed by atoms with Gasteiger partial charge in [-0.1, -0.05) is 13.8 Å². The molecule has 1 N–H and O–H groups in total. The molecule has 7 nitrogen and oxygen atoms in total. The minimum absolute atomic E-state index is 0.0771. The van der Waals surface area contributed by atoms with Crippen molar-refractivity contribution < 1.29 is 14.3 Å². The van der Waals surface area contributed by atoms with Crippen LogP contribution in [0.2, 0.25) is 0 Å². The van der Waals surface area contributed by atoms with Crippen molar-refractivity contribution in [1.82, 2.24) is 20.1 Å². The zero-order chi connectivity index (χ0) is 17.1. The molecule has 0 saturated carbocycles. The number of ether oxygens (including phenoxy) is 1. The van der Waals surface area contributed by atoms with Crippen molar-refractivity contribution in [1.29, 1.82) is 0 Å². The quantitative estimate of drug-likeness (QED) is 0.851. The van der Waals surface area contributed by atoms with Gasteiger partial charge in [0.25, 0.3) is 5.91 Å². The van der Waals surface area contributed by atoms with Gasteiger partial charge in [0.1, 0.15) is 6.04 Å². The predicted octanol–water partition coefficient (Wildman–Crippen LogP) is 1.94. The van der Waals surface area contributed by atoms with Crippen LogP contribution in [0.15, 0.2) is 18.5 Å². The summed E-state index contributed by atoms with van der Waals surface area (Å²) in [5.41, 5.74) is 1.11. The highest BCUT2D eigenvalue weighted by atomic mass is 16.5. The van der Waals surface area contributed by atoms with E-state index in [0.717, 1.165) is 11.0 Å². The molecule has 2 heterocycles. The van der Waals surface area contributed by atoms with Crippen LogP contribution in [-0.4, -0.2) is 39.8 Å². The third-order valence-corrected chi connectivity index (χ3v) is 3.59. The summed E-state index contributed by atoms with van der Waals surface area (Å²) < 4.78 is 6.52. The molecule has 0 bridgehead atoms. The van der Waals surface area contributed by atoms with Crippen molar-refractivity contribution >= 4 is 22.9 Å². The molecule has 0 aliphatic carbocycles. The van der Waals surface area contributed by atoms with E-state index >= 15 is 0 Å². The fraction of sp³-hybridized carbons (Fsp3) is 0.500. The minimum atomic E-state index is -0.693. The van der Waals surface area contributed by atoms with Crippen molar-refractivity contribution in [2.75, 3.05) is 7.11 Å². The lowest BCUT2D eigenvalue weighted by molar-refractivity contribution is -0.144. The average molecular weight is 318 g/mol. The number of hydrogen-bond acceptors (Lipinski definition) is 5. The summed E-state index contributed by atoms with van der Waals surface area (Å²) in [7, 11) is 1.30. The standard InChI is InChI=1S/C16H22N4O3/c1-9(2)13(16(22)23-5)19-15(21)12-6-11-8-18-20(10(3)4)14(11)17-7-12/h6-10,13H,1-5H3,(H,19,21)/t13-/m0/s1. The van der Waals surface area contributed by atoms with E-state index in [9.17, 15) is 9.59 Å². The Morgan fingerprint density at radius 3 is 2.48 bits per heavy atom. The van der Waals surface area contributed by atoms with Gasteiger partial charge in [0, 0.05) is 17.6 Å². The maximum absolute atomic E-state index is 12.4. The summed E-state index contributed by atoms with van der Waals surface area (Å²) in [6.45, 7) is 7.71. The highest BCUT2D eigenvalue weighted by Crippen LogP contribution is 2.17. The second-order valence-corrected chi connectivity index (χ2v) is 6.04. The predicted molar refractivity (Wildman–Crippen MR) is 86.0 cm³/mol. The van der Waals surface area contributed by atoms with Gasteiger partial charge in [-0.2, -0.15) is 5.10 Å². The normalized spacial score (nSPS) is 12.7. The Morgan fingerprint density at radius 2 is 1.91 bits per heavy atom. The van der Waals surface area contributed by atoms with Crippen molar-refractivity contribution in [2.24, 2.45) is 5.92 Å². The number of methoxy groups -OCH3 is 1. The van der Waals surface area contributed by atoms with Gasteiger partial charge in [-0.05, 0) is 25.8 Å². The topological polar surface area (TPSA) is 86.1 Å². The van der Waals surface area contributed by atoms with Crippen LogP contribution < -0.4 is 5.32 Å². The molecule has 0 aliphatic heterocycles. The van der Waals surface area contributed by atoms with E-state index in [0.29, 0.717) is 5.56 Å². The zero-order valence-electron chi connectivity index (χ0n) is 14.0. The number of pyridine rings is 1. The fourth-order valence-electron chi connectivity index (χ4n) is 2.29. The van der Waals surface area contributed by atoms with Crippen LogP contribution >= 0.6 is 0 Å². The molecule has 0 fully saturated rings. The summed E-state index contributed by atoms with van der Waals surface area (Å²) in [5.74, 6) is -0.900. The van der Waals surface area contributed by atoms with E-state index in [1.807, 2.05) is 27.7 Å². The first-order valence-corrected chi connectivity index (χ1v) is 7.57. The molecule has 23 heavy (non-hydrogen) atoms. The second-order valence-electron chi connectivity index (χ2n) is 6.04. The van der Waals surface area contributed by atoms with Crippen LogP contribution in [0.1, 0.15) is 44.1 Å².